The average Bonchev–Trinajstić information content (AvgIpc) is 2.26. The summed E-state index contributed by atoms with van der Waals surface area (Å²) in [6, 6.07) is 6.86. The fourth-order valence-electron chi connectivity index (χ4n) is 2.53. The van der Waals surface area contributed by atoms with Crippen LogP contribution in [-0.2, 0) is 20.3 Å². The minimum absolute atomic E-state index is 0.156. The molecule has 6 heteroatoms. The zero-order valence-electron chi connectivity index (χ0n) is 11.0. The van der Waals surface area contributed by atoms with Crippen molar-refractivity contribution in [1.82, 2.24) is 4.90 Å². The summed E-state index contributed by atoms with van der Waals surface area (Å²) in [6.45, 7) is 6.20. The summed E-state index contributed by atoms with van der Waals surface area (Å²) in [7, 11) is 1.77. The molecule has 19 heavy (non-hydrogen) atoms. The van der Waals surface area contributed by atoms with Gasteiger partial charge in [-0.15, -0.1) is 0 Å². The van der Waals surface area contributed by atoms with Crippen LogP contribution in [0.5, 0.6) is 0 Å². The third-order valence-corrected chi connectivity index (χ3v) is 4.55. The smallest absolute Gasteiger partial charge is 0.261 e. The zero-order valence-corrected chi connectivity index (χ0v) is 12.6. The maximum Gasteiger partial charge on any atom is 0.261 e. The summed E-state index contributed by atoms with van der Waals surface area (Å²) in [5.41, 5.74) is 0.735. The molecule has 1 aliphatic rings. The Hall–Kier alpha value is -0.620. The molecule has 2 unspecified atom stereocenters. The summed E-state index contributed by atoms with van der Waals surface area (Å²) in [6.07, 6.45) is 0.312. The highest BCUT2D eigenvalue weighted by Gasteiger charge is 2.24. The van der Waals surface area contributed by atoms with Crippen molar-refractivity contribution >= 4 is 19.7 Å². The highest BCUT2D eigenvalue weighted by atomic mass is 35.7. The molecule has 1 heterocycles. The van der Waals surface area contributed by atoms with E-state index in [4.69, 9.17) is 15.4 Å². The first-order valence-electron chi connectivity index (χ1n) is 6.26. The quantitative estimate of drug-likeness (QED) is 0.803. The number of benzene rings is 1. The highest BCUT2D eigenvalue weighted by molar-refractivity contribution is 8.13. The first-order chi connectivity index (χ1) is 8.86. The Balaban J connectivity index is 2.20. The van der Waals surface area contributed by atoms with E-state index in [0.717, 1.165) is 18.7 Å². The molecule has 106 valence electrons. The monoisotopic (exact) mass is 303 g/mol. The first-order valence-corrected chi connectivity index (χ1v) is 8.57. The number of hydrogen-bond acceptors (Lipinski definition) is 4. The van der Waals surface area contributed by atoms with E-state index in [1.165, 1.54) is 0 Å². The standard InChI is InChI=1S/C13H18ClNO3S/c1-10-7-15(8-11(2)18-10)9-12-5-3-4-6-13(12)19(14,16)17/h3-6,10-11H,7-9H2,1-2H3. The van der Waals surface area contributed by atoms with Gasteiger partial charge in [0, 0.05) is 30.3 Å². The fraction of sp³-hybridized carbons (Fsp3) is 0.538. The number of hydrogen-bond donors (Lipinski definition) is 0. The fourth-order valence-corrected chi connectivity index (χ4v) is 3.67. The zero-order chi connectivity index (χ0) is 14.0. The Labute approximate surface area is 118 Å². The van der Waals surface area contributed by atoms with Crippen molar-refractivity contribution in [2.24, 2.45) is 0 Å². The van der Waals surface area contributed by atoms with Gasteiger partial charge >= 0.3 is 0 Å². The molecular formula is C13H18ClNO3S. The van der Waals surface area contributed by atoms with E-state index in [-0.39, 0.29) is 17.1 Å². The van der Waals surface area contributed by atoms with E-state index in [9.17, 15) is 8.42 Å². The number of rotatable bonds is 3. The highest BCUT2D eigenvalue weighted by Crippen LogP contribution is 2.22. The molecule has 1 saturated heterocycles. The molecule has 2 atom stereocenters. The predicted molar refractivity (Wildman–Crippen MR) is 74.8 cm³/mol. The van der Waals surface area contributed by atoms with Crippen LogP contribution < -0.4 is 0 Å². The van der Waals surface area contributed by atoms with Crippen LogP contribution in [0.15, 0.2) is 29.2 Å². The summed E-state index contributed by atoms with van der Waals surface area (Å²) in [5.74, 6) is 0. The summed E-state index contributed by atoms with van der Waals surface area (Å²) < 4.78 is 28.8. The Morgan fingerprint density at radius 3 is 2.42 bits per heavy atom. The van der Waals surface area contributed by atoms with E-state index >= 15 is 0 Å². The Morgan fingerprint density at radius 2 is 1.84 bits per heavy atom. The topological polar surface area (TPSA) is 46.6 Å². The maximum atomic E-state index is 11.5. The van der Waals surface area contributed by atoms with Crippen LogP contribution >= 0.6 is 10.7 Å². The van der Waals surface area contributed by atoms with Crippen LogP contribution in [0.25, 0.3) is 0 Å². The molecule has 0 amide bonds. The van der Waals surface area contributed by atoms with Crippen LogP contribution in [0.4, 0.5) is 0 Å². The van der Waals surface area contributed by atoms with Gasteiger partial charge in [0.1, 0.15) is 0 Å². The molecular weight excluding hydrogens is 286 g/mol. The largest absolute Gasteiger partial charge is 0.373 e. The molecule has 1 aliphatic heterocycles. The van der Waals surface area contributed by atoms with Gasteiger partial charge in [-0.2, -0.15) is 0 Å². The van der Waals surface area contributed by atoms with Gasteiger partial charge in [-0.05, 0) is 25.5 Å². The second-order valence-electron chi connectivity index (χ2n) is 5.00. The van der Waals surface area contributed by atoms with Crippen LogP contribution in [0.3, 0.4) is 0 Å². The molecule has 4 nitrogen and oxygen atoms in total. The molecule has 0 spiro atoms. The van der Waals surface area contributed by atoms with Gasteiger partial charge in [-0.25, -0.2) is 8.42 Å². The Bertz CT molecular complexity index is 537. The minimum Gasteiger partial charge on any atom is -0.373 e. The van der Waals surface area contributed by atoms with Crippen molar-refractivity contribution in [2.45, 2.75) is 37.5 Å². The third kappa shape index (κ3) is 3.92. The average molecular weight is 304 g/mol. The second-order valence-corrected chi connectivity index (χ2v) is 7.53. The lowest BCUT2D eigenvalue weighted by molar-refractivity contribution is -0.0706. The molecule has 0 aliphatic carbocycles. The lowest BCUT2D eigenvalue weighted by Gasteiger charge is -2.35. The van der Waals surface area contributed by atoms with Crippen molar-refractivity contribution in [3.8, 4) is 0 Å². The van der Waals surface area contributed by atoms with E-state index in [1.54, 1.807) is 18.2 Å². The van der Waals surface area contributed by atoms with Gasteiger partial charge in [0.15, 0.2) is 0 Å². The van der Waals surface area contributed by atoms with Crippen LogP contribution in [-0.4, -0.2) is 38.6 Å². The van der Waals surface area contributed by atoms with Crippen molar-refractivity contribution in [2.75, 3.05) is 13.1 Å². The summed E-state index contributed by atoms with van der Waals surface area (Å²) in [5, 5.41) is 0. The molecule has 0 N–H and O–H groups in total. The van der Waals surface area contributed by atoms with E-state index in [1.807, 2.05) is 19.9 Å². The van der Waals surface area contributed by atoms with E-state index in [2.05, 4.69) is 4.90 Å². The molecule has 1 aromatic rings. The first kappa shape index (κ1) is 14.8. The van der Waals surface area contributed by atoms with E-state index in [0.29, 0.717) is 6.54 Å². The molecule has 0 saturated carbocycles. The van der Waals surface area contributed by atoms with Gasteiger partial charge in [-0.3, -0.25) is 4.90 Å². The van der Waals surface area contributed by atoms with Crippen LogP contribution in [0, 0.1) is 0 Å². The minimum atomic E-state index is -3.70. The van der Waals surface area contributed by atoms with Crippen molar-refractivity contribution < 1.29 is 13.2 Å². The summed E-state index contributed by atoms with van der Waals surface area (Å²) in [4.78, 5) is 2.39. The van der Waals surface area contributed by atoms with Crippen molar-refractivity contribution in [3.05, 3.63) is 29.8 Å². The Kier molecular flexibility index (Phi) is 4.50. The molecule has 0 aromatic heterocycles. The molecule has 0 radical (unpaired) electrons. The molecule has 1 aromatic carbocycles. The summed E-state index contributed by atoms with van der Waals surface area (Å²) >= 11 is 0. The second kappa shape index (κ2) is 5.79. The van der Waals surface area contributed by atoms with Gasteiger partial charge in [0.25, 0.3) is 9.05 Å². The number of halogens is 1. The maximum absolute atomic E-state index is 11.5. The normalized spacial score (nSPS) is 25.4. The number of nitrogens with zero attached hydrogens (tertiary/aromatic N) is 1. The lowest BCUT2D eigenvalue weighted by Crippen LogP contribution is -2.44. The molecule has 0 bridgehead atoms. The molecule has 2 rings (SSSR count). The Morgan fingerprint density at radius 1 is 1.26 bits per heavy atom. The van der Waals surface area contributed by atoms with Crippen molar-refractivity contribution in [3.63, 3.8) is 0 Å². The van der Waals surface area contributed by atoms with Gasteiger partial charge in [0.05, 0.1) is 17.1 Å². The SMILES string of the molecule is CC1CN(Cc2ccccc2S(=O)(=O)Cl)CC(C)O1. The van der Waals surface area contributed by atoms with Gasteiger partial charge in [-0.1, -0.05) is 18.2 Å². The molecule has 1 fully saturated rings. The third-order valence-electron chi connectivity index (χ3n) is 3.12. The van der Waals surface area contributed by atoms with Gasteiger partial charge < -0.3 is 4.74 Å². The van der Waals surface area contributed by atoms with Gasteiger partial charge in [0.2, 0.25) is 0 Å². The van der Waals surface area contributed by atoms with E-state index < -0.39 is 9.05 Å². The van der Waals surface area contributed by atoms with Crippen LogP contribution in [0.2, 0.25) is 0 Å². The predicted octanol–water partition coefficient (Wildman–Crippen LogP) is 2.22. The lowest BCUT2D eigenvalue weighted by atomic mass is 10.1. The number of morpholine rings is 1. The number of ether oxygens (including phenoxy) is 1. The van der Waals surface area contributed by atoms with Crippen LogP contribution in [0.1, 0.15) is 19.4 Å². The van der Waals surface area contributed by atoms with Crippen molar-refractivity contribution in [1.29, 1.82) is 0 Å².